The van der Waals surface area contributed by atoms with Crippen molar-refractivity contribution in [3.05, 3.63) is 52.5 Å². The van der Waals surface area contributed by atoms with Crippen LogP contribution in [0.3, 0.4) is 0 Å². The Hall–Kier alpha value is -1.20. The van der Waals surface area contributed by atoms with E-state index in [4.69, 9.17) is 0 Å². The summed E-state index contributed by atoms with van der Waals surface area (Å²) in [7, 11) is 0. The molecule has 0 bridgehead atoms. The molecule has 0 amide bonds. The van der Waals surface area contributed by atoms with E-state index in [-0.39, 0.29) is 5.82 Å². The van der Waals surface area contributed by atoms with Gasteiger partial charge in [-0.2, -0.15) is 5.10 Å². The number of likely N-dealkylation sites (tertiary alicyclic amines) is 1. The maximum absolute atomic E-state index is 13.3. The van der Waals surface area contributed by atoms with Crippen LogP contribution in [0.5, 0.6) is 0 Å². The van der Waals surface area contributed by atoms with Crippen molar-refractivity contribution in [3.8, 4) is 0 Å². The second-order valence-corrected chi connectivity index (χ2v) is 5.78. The van der Waals surface area contributed by atoms with E-state index >= 15 is 0 Å². The van der Waals surface area contributed by atoms with Gasteiger partial charge in [-0.1, -0.05) is 12.1 Å². The standard InChI is InChI=1S/C14H15BrFN3/c15-12-8-17-19(9-12)10-18-6-2-5-14(18)11-3-1-4-13(16)7-11/h1,3-4,7-9,14H,2,5-6,10H2. The van der Waals surface area contributed by atoms with Crippen molar-refractivity contribution in [2.45, 2.75) is 25.6 Å². The Morgan fingerprint density at radius 1 is 1.42 bits per heavy atom. The number of halogens is 2. The first-order valence-corrected chi connectivity index (χ1v) is 7.19. The van der Waals surface area contributed by atoms with Crippen molar-refractivity contribution in [2.24, 2.45) is 0 Å². The lowest BCUT2D eigenvalue weighted by Crippen LogP contribution is -2.26. The highest BCUT2D eigenvalue weighted by Crippen LogP contribution is 2.32. The van der Waals surface area contributed by atoms with E-state index in [9.17, 15) is 4.39 Å². The molecule has 2 heterocycles. The minimum Gasteiger partial charge on any atom is -0.277 e. The van der Waals surface area contributed by atoms with Crippen molar-refractivity contribution in [1.82, 2.24) is 14.7 Å². The third-order valence-corrected chi connectivity index (χ3v) is 3.93. The monoisotopic (exact) mass is 323 g/mol. The van der Waals surface area contributed by atoms with Crippen LogP contribution in [0.15, 0.2) is 41.1 Å². The first kappa shape index (κ1) is 12.8. The molecule has 0 saturated carbocycles. The quantitative estimate of drug-likeness (QED) is 0.860. The van der Waals surface area contributed by atoms with Crippen molar-refractivity contribution < 1.29 is 4.39 Å². The lowest BCUT2D eigenvalue weighted by molar-refractivity contribution is 0.191. The van der Waals surface area contributed by atoms with E-state index in [1.807, 2.05) is 16.9 Å². The van der Waals surface area contributed by atoms with Crippen LogP contribution in [0.2, 0.25) is 0 Å². The van der Waals surface area contributed by atoms with Gasteiger partial charge in [0.05, 0.1) is 17.3 Å². The molecule has 1 aliphatic heterocycles. The molecule has 19 heavy (non-hydrogen) atoms. The number of nitrogens with zero attached hydrogens (tertiary/aromatic N) is 3. The summed E-state index contributed by atoms with van der Waals surface area (Å²) in [4.78, 5) is 2.34. The summed E-state index contributed by atoms with van der Waals surface area (Å²) in [6.45, 7) is 1.77. The number of hydrogen-bond acceptors (Lipinski definition) is 2. The minimum atomic E-state index is -0.161. The number of hydrogen-bond donors (Lipinski definition) is 0. The van der Waals surface area contributed by atoms with Crippen LogP contribution in [0.1, 0.15) is 24.4 Å². The predicted octanol–water partition coefficient (Wildman–Crippen LogP) is 3.58. The zero-order valence-corrected chi connectivity index (χ0v) is 12.1. The lowest BCUT2D eigenvalue weighted by Gasteiger charge is -2.24. The highest BCUT2D eigenvalue weighted by atomic mass is 79.9. The van der Waals surface area contributed by atoms with E-state index < -0.39 is 0 Å². The Morgan fingerprint density at radius 2 is 2.32 bits per heavy atom. The lowest BCUT2D eigenvalue weighted by atomic mass is 10.0. The van der Waals surface area contributed by atoms with Gasteiger partial charge in [0.15, 0.2) is 0 Å². The molecule has 0 N–H and O–H groups in total. The van der Waals surface area contributed by atoms with E-state index in [0.29, 0.717) is 6.04 Å². The molecular formula is C14H15BrFN3. The van der Waals surface area contributed by atoms with Crippen LogP contribution in [-0.4, -0.2) is 21.2 Å². The van der Waals surface area contributed by atoms with Gasteiger partial charge >= 0.3 is 0 Å². The fourth-order valence-electron chi connectivity index (χ4n) is 2.69. The van der Waals surface area contributed by atoms with Crippen molar-refractivity contribution in [3.63, 3.8) is 0 Å². The fourth-order valence-corrected chi connectivity index (χ4v) is 3.02. The number of benzene rings is 1. The summed E-state index contributed by atoms with van der Waals surface area (Å²) in [5.74, 6) is -0.161. The molecule has 5 heteroatoms. The third-order valence-electron chi connectivity index (χ3n) is 3.53. The molecule has 3 rings (SSSR count). The van der Waals surface area contributed by atoms with E-state index in [1.54, 1.807) is 18.3 Å². The van der Waals surface area contributed by atoms with Crippen LogP contribution in [0.4, 0.5) is 4.39 Å². The van der Waals surface area contributed by atoms with Gasteiger partial charge in [0.25, 0.3) is 0 Å². The van der Waals surface area contributed by atoms with Gasteiger partial charge in [-0.3, -0.25) is 9.58 Å². The van der Waals surface area contributed by atoms with Crippen molar-refractivity contribution in [1.29, 1.82) is 0 Å². The van der Waals surface area contributed by atoms with Crippen LogP contribution in [0, 0.1) is 5.82 Å². The van der Waals surface area contributed by atoms with E-state index in [0.717, 1.165) is 36.1 Å². The van der Waals surface area contributed by atoms with Gasteiger partial charge < -0.3 is 0 Å². The predicted molar refractivity (Wildman–Crippen MR) is 75.0 cm³/mol. The summed E-state index contributed by atoms with van der Waals surface area (Å²) < 4.78 is 16.2. The summed E-state index contributed by atoms with van der Waals surface area (Å²) in [5.41, 5.74) is 1.06. The second-order valence-electron chi connectivity index (χ2n) is 4.86. The van der Waals surface area contributed by atoms with Gasteiger partial charge in [-0.05, 0) is 46.5 Å². The van der Waals surface area contributed by atoms with Crippen LogP contribution in [-0.2, 0) is 6.67 Å². The molecule has 0 spiro atoms. The van der Waals surface area contributed by atoms with Gasteiger partial charge in [0.2, 0.25) is 0 Å². The Bertz CT molecular complexity index is 569. The van der Waals surface area contributed by atoms with Gasteiger partial charge in [-0.25, -0.2) is 4.39 Å². The smallest absolute Gasteiger partial charge is 0.123 e. The Morgan fingerprint density at radius 3 is 3.05 bits per heavy atom. The number of rotatable bonds is 3. The molecule has 1 aromatic carbocycles. The SMILES string of the molecule is Fc1cccc(C2CCCN2Cn2cc(Br)cn2)c1. The second kappa shape index (κ2) is 5.43. The molecule has 100 valence electrons. The molecule has 0 aliphatic carbocycles. The van der Waals surface area contributed by atoms with E-state index in [2.05, 4.69) is 25.9 Å². The molecule has 3 nitrogen and oxygen atoms in total. The Labute approximate surface area is 120 Å². The fraction of sp³-hybridized carbons (Fsp3) is 0.357. The first-order chi connectivity index (χ1) is 9.22. The highest BCUT2D eigenvalue weighted by Gasteiger charge is 2.26. The Balaban J connectivity index is 1.78. The normalized spacial score (nSPS) is 20.0. The average molecular weight is 324 g/mol. The minimum absolute atomic E-state index is 0.161. The maximum Gasteiger partial charge on any atom is 0.123 e. The van der Waals surface area contributed by atoms with Crippen LogP contribution in [0.25, 0.3) is 0 Å². The molecular weight excluding hydrogens is 309 g/mol. The Kier molecular flexibility index (Phi) is 3.66. The van der Waals surface area contributed by atoms with Gasteiger partial charge in [0.1, 0.15) is 5.82 Å². The number of aromatic nitrogens is 2. The van der Waals surface area contributed by atoms with E-state index in [1.165, 1.54) is 6.07 Å². The summed E-state index contributed by atoms with van der Waals surface area (Å²) in [5, 5.41) is 4.28. The largest absolute Gasteiger partial charge is 0.277 e. The van der Waals surface area contributed by atoms with Gasteiger partial charge in [-0.15, -0.1) is 0 Å². The molecule has 1 aromatic heterocycles. The first-order valence-electron chi connectivity index (χ1n) is 6.40. The van der Waals surface area contributed by atoms with Crippen LogP contribution >= 0.6 is 15.9 Å². The zero-order valence-electron chi connectivity index (χ0n) is 10.5. The summed E-state index contributed by atoms with van der Waals surface area (Å²) >= 11 is 3.40. The van der Waals surface area contributed by atoms with Crippen molar-refractivity contribution >= 4 is 15.9 Å². The maximum atomic E-state index is 13.3. The summed E-state index contributed by atoms with van der Waals surface area (Å²) in [6, 6.07) is 7.21. The third kappa shape index (κ3) is 2.87. The molecule has 2 aromatic rings. The van der Waals surface area contributed by atoms with Crippen LogP contribution < -0.4 is 0 Å². The highest BCUT2D eigenvalue weighted by molar-refractivity contribution is 9.10. The van der Waals surface area contributed by atoms with Crippen molar-refractivity contribution in [2.75, 3.05) is 6.54 Å². The molecule has 0 radical (unpaired) electrons. The molecule has 1 atom stereocenters. The summed E-state index contributed by atoms with van der Waals surface area (Å²) in [6.07, 6.45) is 5.96. The average Bonchev–Trinajstić information content (AvgIpc) is 2.99. The van der Waals surface area contributed by atoms with Gasteiger partial charge in [0, 0.05) is 18.8 Å². The molecule has 1 saturated heterocycles. The topological polar surface area (TPSA) is 21.1 Å². The molecule has 1 aliphatic rings. The molecule has 1 unspecified atom stereocenters. The zero-order chi connectivity index (χ0) is 13.2. The molecule has 1 fully saturated rings.